The van der Waals surface area contributed by atoms with Crippen LogP contribution in [0, 0.1) is 13.8 Å². The smallest absolute Gasteiger partial charge is 0.268 e. The quantitative estimate of drug-likeness (QED) is 0.265. The minimum absolute atomic E-state index is 0.00889. The summed E-state index contributed by atoms with van der Waals surface area (Å²) in [6.45, 7) is 5.09. The Morgan fingerprint density at radius 1 is 1.02 bits per heavy atom. The minimum atomic E-state index is -1.30. The monoisotopic (exact) mass is 574 g/mol. The number of fused-ring (bicyclic) bond motifs is 1. The number of rotatable bonds is 9. The number of carboxylic acid groups (broad SMARTS) is 1. The zero-order valence-corrected chi connectivity index (χ0v) is 23.6. The van der Waals surface area contributed by atoms with E-state index in [-0.39, 0.29) is 18.0 Å². The molecule has 0 unspecified atom stereocenters. The standard InChI is InChI=1S/C29H26ClN5O4S/c1-4-18-13-21(27(38)20-10-5-7-11-22(20)30)29(40-18)35-17(3)32-33-24(35)14-31-28(39)26-16(2)19-9-6-8-12-23(19)34(26)15-25(36)37/h5-13H,4,14-15H2,1-3H3,(H,31,39)(H,36,37)/p-1. The molecule has 204 valence electrons. The molecule has 0 bridgehead atoms. The molecule has 0 radical (unpaired) electrons. The van der Waals surface area contributed by atoms with Crippen molar-refractivity contribution in [3.63, 3.8) is 0 Å². The number of halogens is 1. The van der Waals surface area contributed by atoms with Crippen LogP contribution >= 0.6 is 22.9 Å². The Kier molecular flexibility index (Phi) is 7.55. The van der Waals surface area contributed by atoms with Gasteiger partial charge in [0.25, 0.3) is 5.91 Å². The van der Waals surface area contributed by atoms with Crippen LogP contribution in [0.2, 0.25) is 5.02 Å². The second-order valence-electron chi connectivity index (χ2n) is 9.22. The Bertz CT molecular complexity index is 1780. The number of aromatic nitrogens is 4. The van der Waals surface area contributed by atoms with Crippen LogP contribution in [0.4, 0.5) is 0 Å². The lowest BCUT2D eigenvalue weighted by Gasteiger charge is -2.13. The van der Waals surface area contributed by atoms with E-state index in [1.165, 1.54) is 15.9 Å². The zero-order chi connectivity index (χ0) is 28.6. The van der Waals surface area contributed by atoms with Crippen molar-refractivity contribution >= 4 is 51.5 Å². The first-order chi connectivity index (χ1) is 19.2. The summed E-state index contributed by atoms with van der Waals surface area (Å²) < 4.78 is 3.20. The molecule has 40 heavy (non-hydrogen) atoms. The minimum Gasteiger partial charge on any atom is -0.548 e. The Labute approximate surface area is 239 Å². The number of carbonyl (C=O) groups excluding carboxylic acids is 3. The first kappa shape index (κ1) is 27.3. The molecule has 0 aliphatic heterocycles. The average Bonchev–Trinajstić information content (AvgIpc) is 3.60. The maximum absolute atomic E-state index is 13.6. The molecule has 9 nitrogen and oxygen atoms in total. The number of thiophene rings is 1. The number of nitrogens with zero attached hydrogens (tertiary/aromatic N) is 4. The second-order valence-corrected chi connectivity index (χ2v) is 10.7. The molecule has 0 saturated carbocycles. The van der Waals surface area contributed by atoms with Crippen molar-refractivity contribution in [1.29, 1.82) is 0 Å². The molecule has 2 aromatic carbocycles. The highest BCUT2D eigenvalue weighted by molar-refractivity contribution is 7.15. The summed E-state index contributed by atoms with van der Waals surface area (Å²) in [5.41, 5.74) is 2.37. The molecule has 0 aliphatic rings. The van der Waals surface area contributed by atoms with E-state index in [1.54, 1.807) is 54.8 Å². The maximum Gasteiger partial charge on any atom is 0.268 e. The van der Waals surface area contributed by atoms with Crippen molar-refractivity contribution in [1.82, 2.24) is 24.6 Å². The van der Waals surface area contributed by atoms with Gasteiger partial charge in [0.15, 0.2) is 11.6 Å². The second kappa shape index (κ2) is 11.1. The SMILES string of the molecule is CCc1cc(C(=O)c2ccccc2Cl)c(-n2c(C)nnc2CNC(=O)c2c(C)c3ccccc3n2CC(=O)[O-])s1. The van der Waals surface area contributed by atoms with E-state index in [1.807, 2.05) is 25.1 Å². The van der Waals surface area contributed by atoms with Crippen LogP contribution in [0.5, 0.6) is 0 Å². The number of para-hydroxylation sites is 1. The number of ketones is 1. The molecule has 0 fully saturated rings. The molecular weight excluding hydrogens is 550 g/mol. The molecule has 0 saturated heterocycles. The molecule has 3 aromatic heterocycles. The highest BCUT2D eigenvalue weighted by atomic mass is 35.5. The van der Waals surface area contributed by atoms with E-state index in [0.29, 0.717) is 43.9 Å². The largest absolute Gasteiger partial charge is 0.548 e. The zero-order valence-electron chi connectivity index (χ0n) is 22.0. The fourth-order valence-electron chi connectivity index (χ4n) is 4.82. The van der Waals surface area contributed by atoms with Crippen LogP contribution in [0.15, 0.2) is 54.6 Å². The summed E-state index contributed by atoms with van der Waals surface area (Å²) in [6.07, 6.45) is 0.725. The predicted molar refractivity (Wildman–Crippen MR) is 151 cm³/mol. The van der Waals surface area contributed by atoms with Gasteiger partial charge in [0, 0.05) is 21.3 Å². The van der Waals surface area contributed by atoms with E-state index >= 15 is 0 Å². The fourth-order valence-corrected chi connectivity index (χ4v) is 6.20. The van der Waals surface area contributed by atoms with Gasteiger partial charge in [-0.2, -0.15) is 0 Å². The highest BCUT2D eigenvalue weighted by Crippen LogP contribution is 2.32. The normalized spacial score (nSPS) is 11.2. The number of nitrogens with one attached hydrogen (secondary N) is 1. The molecule has 5 aromatic rings. The highest BCUT2D eigenvalue weighted by Gasteiger charge is 2.25. The van der Waals surface area contributed by atoms with E-state index in [0.717, 1.165) is 16.7 Å². The molecule has 3 heterocycles. The summed E-state index contributed by atoms with van der Waals surface area (Å²) >= 11 is 7.79. The molecule has 5 rings (SSSR count). The maximum atomic E-state index is 13.6. The number of carbonyl (C=O) groups is 3. The van der Waals surface area contributed by atoms with Gasteiger partial charge in [-0.25, -0.2) is 0 Å². The molecule has 0 aliphatic carbocycles. The van der Waals surface area contributed by atoms with E-state index in [2.05, 4.69) is 15.5 Å². The molecular formula is C29H25ClN5O4S-. The van der Waals surface area contributed by atoms with Gasteiger partial charge in [-0.1, -0.05) is 48.9 Å². The topological polar surface area (TPSA) is 122 Å². The number of carboxylic acids is 1. The van der Waals surface area contributed by atoms with Gasteiger partial charge in [-0.15, -0.1) is 21.5 Å². The van der Waals surface area contributed by atoms with Gasteiger partial charge in [-0.3, -0.25) is 14.2 Å². The van der Waals surface area contributed by atoms with Gasteiger partial charge in [0.1, 0.15) is 16.5 Å². The molecule has 0 spiro atoms. The Morgan fingerprint density at radius 2 is 1.75 bits per heavy atom. The third-order valence-electron chi connectivity index (χ3n) is 6.70. The van der Waals surface area contributed by atoms with Crippen LogP contribution < -0.4 is 10.4 Å². The van der Waals surface area contributed by atoms with Gasteiger partial charge in [0.2, 0.25) is 0 Å². The average molecular weight is 575 g/mol. The predicted octanol–water partition coefficient (Wildman–Crippen LogP) is 4.03. The fraction of sp³-hybridized carbons (Fsp3) is 0.207. The number of aliphatic carboxylic acids is 1. The van der Waals surface area contributed by atoms with E-state index in [9.17, 15) is 19.5 Å². The summed E-state index contributed by atoms with van der Waals surface area (Å²) in [6, 6.07) is 16.0. The Hall–Kier alpha value is -4.28. The van der Waals surface area contributed by atoms with Crippen molar-refractivity contribution in [2.24, 2.45) is 0 Å². The Morgan fingerprint density at radius 3 is 2.48 bits per heavy atom. The lowest BCUT2D eigenvalue weighted by molar-refractivity contribution is -0.306. The summed E-state index contributed by atoms with van der Waals surface area (Å²) in [4.78, 5) is 39.5. The van der Waals surface area contributed by atoms with Crippen molar-refractivity contribution in [3.8, 4) is 5.00 Å². The van der Waals surface area contributed by atoms with Crippen molar-refractivity contribution in [2.75, 3.05) is 0 Å². The number of hydrogen-bond acceptors (Lipinski definition) is 7. The van der Waals surface area contributed by atoms with Crippen LogP contribution in [0.1, 0.15) is 55.4 Å². The van der Waals surface area contributed by atoms with Crippen molar-refractivity contribution < 1.29 is 19.5 Å². The third-order valence-corrected chi connectivity index (χ3v) is 8.30. The van der Waals surface area contributed by atoms with Gasteiger partial charge >= 0.3 is 0 Å². The first-order valence-electron chi connectivity index (χ1n) is 12.6. The molecule has 1 amide bonds. The lowest BCUT2D eigenvalue weighted by Crippen LogP contribution is -2.32. The lowest BCUT2D eigenvalue weighted by atomic mass is 10.0. The molecule has 11 heteroatoms. The summed E-state index contributed by atoms with van der Waals surface area (Å²) in [5, 5.41) is 24.6. The number of amides is 1. The van der Waals surface area contributed by atoms with E-state index < -0.39 is 18.4 Å². The number of hydrogen-bond donors (Lipinski definition) is 1. The Balaban J connectivity index is 1.50. The summed E-state index contributed by atoms with van der Waals surface area (Å²) in [7, 11) is 0. The molecule has 0 atom stereocenters. The van der Waals surface area contributed by atoms with Gasteiger partial charge in [-0.05, 0) is 50.1 Å². The number of aryl methyl sites for hydroxylation is 3. The first-order valence-corrected chi connectivity index (χ1v) is 13.8. The van der Waals surface area contributed by atoms with Crippen LogP contribution in [-0.2, 0) is 24.3 Å². The van der Waals surface area contributed by atoms with Crippen LogP contribution in [0.3, 0.4) is 0 Å². The van der Waals surface area contributed by atoms with Crippen LogP contribution in [-0.4, -0.2) is 37.0 Å². The number of benzene rings is 2. The third kappa shape index (κ3) is 4.91. The van der Waals surface area contributed by atoms with E-state index in [4.69, 9.17) is 11.6 Å². The summed E-state index contributed by atoms with van der Waals surface area (Å²) in [5.74, 6) is -1.02. The molecule has 1 N–H and O–H groups in total. The van der Waals surface area contributed by atoms with Crippen LogP contribution in [0.25, 0.3) is 15.9 Å². The van der Waals surface area contributed by atoms with Gasteiger partial charge in [0.05, 0.1) is 29.6 Å². The van der Waals surface area contributed by atoms with Crippen molar-refractivity contribution in [3.05, 3.63) is 98.5 Å². The van der Waals surface area contributed by atoms with Gasteiger partial charge < -0.3 is 19.8 Å². The van der Waals surface area contributed by atoms with Crippen molar-refractivity contribution in [2.45, 2.75) is 40.3 Å².